The van der Waals surface area contributed by atoms with Crippen molar-refractivity contribution in [2.24, 2.45) is 0 Å². The minimum atomic E-state index is -0.720. The molecule has 0 saturated heterocycles. The van der Waals surface area contributed by atoms with E-state index in [0.29, 0.717) is 11.5 Å². The predicted molar refractivity (Wildman–Crippen MR) is 92.2 cm³/mol. The number of nitrogens with zero attached hydrogens (tertiary/aromatic N) is 1. The number of carbonyl (C=O) groups excluding carboxylic acids is 2. The van der Waals surface area contributed by atoms with Gasteiger partial charge < -0.3 is 19.5 Å². The molecular formula is C18H16N2O7. The number of fused-ring (bicyclic) bond motifs is 1. The van der Waals surface area contributed by atoms with Crippen LogP contribution in [-0.4, -0.2) is 30.2 Å². The minimum Gasteiger partial charge on any atom is -0.455 e. The van der Waals surface area contributed by atoms with Crippen molar-refractivity contribution >= 4 is 17.6 Å². The third kappa shape index (κ3) is 4.72. The summed E-state index contributed by atoms with van der Waals surface area (Å²) in [6.07, 6.45) is -0.285. The normalized spacial score (nSPS) is 11.7. The first-order chi connectivity index (χ1) is 13.0. The molecule has 2 aromatic rings. The molecule has 0 aromatic heterocycles. The largest absolute Gasteiger partial charge is 0.455 e. The summed E-state index contributed by atoms with van der Waals surface area (Å²) in [5, 5.41) is 13.6. The molecular weight excluding hydrogens is 356 g/mol. The highest BCUT2D eigenvalue weighted by atomic mass is 16.7. The summed E-state index contributed by atoms with van der Waals surface area (Å²) in [6, 6.07) is 11.2. The Balaban J connectivity index is 1.45. The van der Waals surface area contributed by atoms with Crippen LogP contribution in [0.2, 0.25) is 0 Å². The van der Waals surface area contributed by atoms with E-state index in [-0.39, 0.29) is 31.0 Å². The van der Waals surface area contributed by atoms with Gasteiger partial charge in [-0.25, -0.2) is 0 Å². The molecule has 0 aliphatic carbocycles. The van der Waals surface area contributed by atoms with Crippen molar-refractivity contribution in [1.82, 2.24) is 5.32 Å². The molecule has 0 radical (unpaired) electrons. The third-order valence-corrected chi connectivity index (χ3v) is 3.81. The second kappa shape index (κ2) is 8.17. The fourth-order valence-corrected chi connectivity index (χ4v) is 2.49. The van der Waals surface area contributed by atoms with Gasteiger partial charge in [-0.15, -0.1) is 0 Å². The van der Waals surface area contributed by atoms with Gasteiger partial charge in [-0.1, -0.05) is 24.3 Å². The maximum absolute atomic E-state index is 11.8. The summed E-state index contributed by atoms with van der Waals surface area (Å²) in [5.74, 6) is 0.0535. The van der Waals surface area contributed by atoms with E-state index < -0.39 is 23.4 Å². The molecule has 140 valence electrons. The number of nitrogens with one attached hydrogen (secondary N) is 1. The number of rotatable bonds is 7. The van der Waals surface area contributed by atoms with Gasteiger partial charge in [-0.3, -0.25) is 19.7 Å². The van der Waals surface area contributed by atoms with Crippen LogP contribution < -0.4 is 14.8 Å². The van der Waals surface area contributed by atoms with Crippen molar-refractivity contribution in [3.8, 4) is 11.5 Å². The van der Waals surface area contributed by atoms with Gasteiger partial charge >= 0.3 is 5.97 Å². The van der Waals surface area contributed by atoms with Gasteiger partial charge in [0, 0.05) is 18.2 Å². The monoisotopic (exact) mass is 372 g/mol. The molecule has 2 aromatic carbocycles. The van der Waals surface area contributed by atoms with Crippen LogP contribution in [0.3, 0.4) is 0 Å². The van der Waals surface area contributed by atoms with Crippen molar-refractivity contribution in [3.05, 3.63) is 63.7 Å². The topological polar surface area (TPSA) is 117 Å². The van der Waals surface area contributed by atoms with Crippen molar-refractivity contribution in [2.75, 3.05) is 13.4 Å². The summed E-state index contributed by atoms with van der Waals surface area (Å²) in [7, 11) is 0. The smallest absolute Gasteiger partial charge is 0.311 e. The second-order valence-electron chi connectivity index (χ2n) is 5.69. The number of nitro benzene ring substituents is 1. The molecule has 1 aliphatic heterocycles. The number of benzene rings is 2. The Kier molecular flexibility index (Phi) is 5.50. The molecule has 27 heavy (non-hydrogen) atoms. The van der Waals surface area contributed by atoms with Crippen LogP contribution in [0.15, 0.2) is 42.5 Å². The van der Waals surface area contributed by atoms with E-state index in [0.717, 1.165) is 5.56 Å². The maximum atomic E-state index is 11.8. The molecule has 1 amide bonds. The Morgan fingerprint density at radius 3 is 2.74 bits per heavy atom. The van der Waals surface area contributed by atoms with Crippen molar-refractivity contribution in [3.63, 3.8) is 0 Å². The van der Waals surface area contributed by atoms with Gasteiger partial charge in [0.15, 0.2) is 18.1 Å². The Hall–Kier alpha value is -3.62. The highest BCUT2D eigenvalue weighted by Gasteiger charge is 2.17. The summed E-state index contributed by atoms with van der Waals surface area (Å²) in [6.45, 7) is -0.0676. The van der Waals surface area contributed by atoms with Crippen LogP contribution in [0.1, 0.15) is 11.1 Å². The van der Waals surface area contributed by atoms with Crippen LogP contribution >= 0.6 is 0 Å². The Morgan fingerprint density at radius 1 is 1.15 bits per heavy atom. The van der Waals surface area contributed by atoms with E-state index in [1.54, 1.807) is 24.3 Å². The minimum absolute atomic E-state index is 0.165. The standard InChI is InChI=1S/C18H16N2O7/c21-17(19-9-12-5-6-15-16(7-12)27-11-26-15)10-25-18(22)8-13-3-1-2-4-14(13)20(23)24/h1-7H,8-11H2,(H,19,21). The molecule has 1 heterocycles. The first-order valence-corrected chi connectivity index (χ1v) is 8.06. The fourth-order valence-electron chi connectivity index (χ4n) is 2.49. The Morgan fingerprint density at radius 2 is 1.93 bits per heavy atom. The van der Waals surface area contributed by atoms with E-state index in [1.807, 2.05) is 0 Å². The molecule has 3 rings (SSSR count). The zero-order valence-corrected chi connectivity index (χ0v) is 14.2. The van der Waals surface area contributed by atoms with Crippen LogP contribution in [0.4, 0.5) is 5.69 Å². The number of nitro groups is 1. The van der Waals surface area contributed by atoms with Gasteiger partial charge in [0.25, 0.3) is 11.6 Å². The number of esters is 1. The van der Waals surface area contributed by atoms with E-state index >= 15 is 0 Å². The molecule has 1 N–H and O–H groups in total. The lowest BCUT2D eigenvalue weighted by atomic mass is 10.1. The lowest BCUT2D eigenvalue weighted by Gasteiger charge is -2.07. The molecule has 9 heteroatoms. The van der Waals surface area contributed by atoms with Gasteiger partial charge in [-0.05, 0) is 17.7 Å². The fraction of sp³-hybridized carbons (Fsp3) is 0.222. The predicted octanol–water partition coefficient (Wildman–Crippen LogP) is 1.73. The first-order valence-electron chi connectivity index (χ1n) is 8.06. The number of para-hydroxylation sites is 1. The number of carbonyl (C=O) groups is 2. The number of hydrogen-bond donors (Lipinski definition) is 1. The van der Waals surface area contributed by atoms with Crippen molar-refractivity contribution < 1.29 is 28.7 Å². The molecule has 0 atom stereocenters. The lowest BCUT2D eigenvalue weighted by Crippen LogP contribution is -2.28. The molecule has 0 unspecified atom stereocenters. The highest BCUT2D eigenvalue weighted by Crippen LogP contribution is 2.32. The Bertz CT molecular complexity index is 882. The van der Waals surface area contributed by atoms with Gasteiger partial charge in [0.2, 0.25) is 6.79 Å². The van der Waals surface area contributed by atoms with E-state index in [1.165, 1.54) is 18.2 Å². The molecule has 0 fully saturated rings. The molecule has 0 bridgehead atoms. The van der Waals surface area contributed by atoms with Crippen LogP contribution in [0.25, 0.3) is 0 Å². The summed E-state index contributed by atoms with van der Waals surface area (Å²) in [5.41, 5.74) is 0.869. The van der Waals surface area contributed by atoms with E-state index in [2.05, 4.69) is 5.32 Å². The first kappa shape index (κ1) is 18.2. The molecule has 0 spiro atoms. The zero-order valence-electron chi connectivity index (χ0n) is 14.2. The average Bonchev–Trinajstić information content (AvgIpc) is 3.12. The van der Waals surface area contributed by atoms with Gasteiger partial charge in [-0.2, -0.15) is 0 Å². The Labute approximate surface area is 154 Å². The lowest BCUT2D eigenvalue weighted by molar-refractivity contribution is -0.385. The summed E-state index contributed by atoms with van der Waals surface area (Å²) < 4.78 is 15.3. The molecule has 9 nitrogen and oxygen atoms in total. The average molecular weight is 372 g/mol. The third-order valence-electron chi connectivity index (χ3n) is 3.81. The van der Waals surface area contributed by atoms with Crippen molar-refractivity contribution in [1.29, 1.82) is 0 Å². The maximum Gasteiger partial charge on any atom is 0.311 e. The van der Waals surface area contributed by atoms with E-state index in [9.17, 15) is 19.7 Å². The zero-order chi connectivity index (χ0) is 19.2. The summed E-state index contributed by atoms with van der Waals surface area (Å²) >= 11 is 0. The second-order valence-corrected chi connectivity index (χ2v) is 5.69. The molecule has 0 saturated carbocycles. The number of ether oxygens (including phenoxy) is 3. The highest BCUT2D eigenvalue weighted by molar-refractivity contribution is 5.81. The van der Waals surface area contributed by atoms with Crippen LogP contribution in [0.5, 0.6) is 11.5 Å². The number of amides is 1. The van der Waals surface area contributed by atoms with Crippen LogP contribution in [0, 0.1) is 10.1 Å². The summed E-state index contributed by atoms with van der Waals surface area (Å²) in [4.78, 5) is 34.0. The number of hydrogen-bond acceptors (Lipinski definition) is 7. The SMILES string of the molecule is O=C(COC(=O)Cc1ccccc1[N+](=O)[O-])NCc1ccc2c(c1)OCO2. The van der Waals surface area contributed by atoms with Gasteiger partial charge in [0.1, 0.15) is 0 Å². The van der Waals surface area contributed by atoms with E-state index in [4.69, 9.17) is 14.2 Å². The van der Waals surface area contributed by atoms with Crippen molar-refractivity contribution in [2.45, 2.75) is 13.0 Å². The van der Waals surface area contributed by atoms with Gasteiger partial charge in [0.05, 0.1) is 11.3 Å². The van der Waals surface area contributed by atoms with Crippen LogP contribution in [-0.2, 0) is 27.3 Å². The molecule has 1 aliphatic rings. The quantitative estimate of drug-likeness (QED) is 0.447.